The van der Waals surface area contributed by atoms with E-state index in [1.165, 1.54) is 0 Å². The zero-order chi connectivity index (χ0) is 8.27. The third-order valence-electron chi connectivity index (χ3n) is 2.06. The van der Waals surface area contributed by atoms with Gasteiger partial charge in [0.05, 0.1) is 0 Å². The van der Waals surface area contributed by atoms with Gasteiger partial charge in [0, 0.05) is 5.92 Å². The van der Waals surface area contributed by atoms with E-state index in [9.17, 15) is 9.90 Å². The van der Waals surface area contributed by atoms with Crippen LogP contribution < -0.4 is 0 Å². The molecule has 11 heavy (non-hydrogen) atoms. The standard InChI is InChI=1S/C8H14O3/c1-2-3-6-4-7(5-9)11-8(6)10/h5-8,10H,2-4H2,1H3/t6?,7?,8-/m1/s1. The smallest absolute Gasteiger partial charge is 0.158 e. The number of carbonyl (C=O) groups is 1. The SMILES string of the molecule is CCCC1CC(C=O)O[C@H]1O. The zero-order valence-corrected chi connectivity index (χ0v) is 6.69. The molecule has 3 heteroatoms. The number of hydrogen-bond acceptors (Lipinski definition) is 3. The minimum absolute atomic E-state index is 0.162. The van der Waals surface area contributed by atoms with Crippen LogP contribution in [0.3, 0.4) is 0 Å². The maximum Gasteiger partial charge on any atom is 0.158 e. The molecule has 0 aromatic carbocycles. The molecule has 3 atom stereocenters. The van der Waals surface area contributed by atoms with Crippen molar-refractivity contribution < 1.29 is 14.6 Å². The summed E-state index contributed by atoms with van der Waals surface area (Å²) in [4.78, 5) is 10.3. The van der Waals surface area contributed by atoms with Crippen molar-refractivity contribution in [3.8, 4) is 0 Å². The van der Waals surface area contributed by atoms with Crippen LogP contribution in [0.2, 0.25) is 0 Å². The van der Waals surface area contributed by atoms with Crippen LogP contribution in [-0.2, 0) is 9.53 Å². The maximum absolute atomic E-state index is 10.3. The number of rotatable bonds is 3. The van der Waals surface area contributed by atoms with E-state index in [1.807, 2.05) is 0 Å². The molecule has 2 unspecified atom stereocenters. The van der Waals surface area contributed by atoms with Gasteiger partial charge in [-0.15, -0.1) is 0 Å². The van der Waals surface area contributed by atoms with Gasteiger partial charge in [0.25, 0.3) is 0 Å². The summed E-state index contributed by atoms with van der Waals surface area (Å²) in [5.41, 5.74) is 0. The van der Waals surface area contributed by atoms with Gasteiger partial charge < -0.3 is 14.6 Å². The average molecular weight is 158 g/mol. The maximum atomic E-state index is 10.3. The van der Waals surface area contributed by atoms with Crippen LogP contribution in [0.4, 0.5) is 0 Å². The first-order valence-electron chi connectivity index (χ1n) is 4.06. The monoisotopic (exact) mass is 158 g/mol. The van der Waals surface area contributed by atoms with E-state index >= 15 is 0 Å². The molecule has 1 heterocycles. The predicted octanol–water partition coefficient (Wildman–Crippen LogP) is 0.709. The molecule has 1 rings (SSSR count). The van der Waals surface area contributed by atoms with Crippen LogP contribution in [0.1, 0.15) is 26.2 Å². The van der Waals surface area contributed by atoms with Gasteiger partial charge in [-0.1, -0.05) is 13.3 Å². The molecule has 0 spiro atoms. The van der Waals surface area contributed by atoms with E-state index in [-0.39, 0.29) is 12.0 Å². The van der Waals surface area contributed by atoms with E-state index in [1.54, 1.807) is 0 Å². The lowest BCUT2D eigenvalue weighted by Gasteiger charge is -2.09. The summed E-state index contributed by atoms with van der Waals surface area (Å²) in [5, 5.41) is 9.24. The molecule has 1 aliphatic rings. The van der Waals surface area contributed by atoms with Crippen molar-refractivity contribution in [1.82, 2.24) is 0 Å². The van der Waals surface area contributed by atoms with Crippen LogP contribution in [0.5, 0.6) is 0 Å². The second-order valence-corrected chi connectivity index (χ2v) is 2.99. The van der Waals surface area contributed by atoms with Crippen molar-refractivity contribution >= 4 is 6.29 Å². The first kappa shape index (κ1) is 8.68. The summed E-state index contributed by atoms with van der Waals surface area (Å²) in [5.74, 6) is 0.162. The first-order valence-corrected chi connectivity index (χ1v) is 4.06. The lowest BCUT2D eigenvalue weighted by atomic mass is 10.00. The fourth-order valence-electron chi connectivity index (χ4n) is 1.48. The normalized spacial score (nSPS) is 37.5. The second-order valence-electron chi connectivity index (χ2n) is 2.99. The highest BCUT2D eigenvalue weighted by Gasteiger charge is 2.32. The quantitative estimate of drug-likeness (QED) is 0.615. The third kappa shape index (κ3) is 2.01. The zero-order valence-electron chi connectivity index (χ0n) is 6.69. The van der Waals surface area contributed by atoms with Crippen LogP contribution in [0, 0.1) is 5.92 Å². The number of aldehydes is 1. The summed E-state index contributed by atoms with van der Waals surface area (Å²) in [7, 11) is 0. The molecule has 0 saturated carbocycles. The van der Waals surface area contributed by atoms with Crippen LogP contribution in [0.25, 0.3) is 0 Å². The highest BCUT2D eigenvalue weighted by atomic mass is 16.6. The first-order chi connectivity index (χ1) is 5.27. The highest BCUT2D eigenvalue weighted by Crippen LogP contribution is 2.27. The average Bonchev–Trinajstić information content (AvgIpc) is 2.33. The van der Waals surface area contributed by atoms with Gasteiger partial charge in [0.15, 0.2) is 6.29 Å². The van der Waals surface area contributed by atoms with Crippen LogP contribution >= 0.6 is 0 Å². The van der Waals surface area contributed by atoms with Gasteiger partial charge in [0.2, 0.25) is 0 Å². The highest BCUT2D eigenvalue weighted by molar-refractivity contribution is 5.56. The third-order valence-corrected chi connectivity index (χ3v) is 2.06. The summed E-state index contributed by atoms with van der Waals surface area (Å²) < 4.78 is 4.96. The number of aliphatic hydroxyl groups excluding tert-OH is 1. The van der Waals surface area contributed by atoms with E-state index in [0.29, 0.717) is 6.42 Å². The molecule has 0 amide bonds. The Bertz CT molecular complexity index is 135. The number of hydrogen-bond donors (Lipinski definition) is 1. The van der Waals surface area contributed by atoms with Gasteiger partial charge in [-0.05, 0) is 12.8 Å². The Hall–Kier alpha value is -0.410. The van der Waals surface area contributed by atoms with E-state index in [2.05, 4.69) is 6.92 Å². The Morgan fingerprint density at radius 3 is 2.91 bits per heavy atom. The molecule has 64 valence electrons. The van der Waals surface area contributed by atoms with Gasteiger partial charge in [-0.25, -0.2) is 0 Å². The number of aliphatic hydroxyl groups is 1. The minimum Gasteiger partial charge on any atom is -0.368 e. The van der Waals surface area contributed by atoms with E-state index < -0.39 is 6.29 Å². The second kappa shape index (κ2) is 3.83. The Balaban J connectivity index is 2.38. The van der Waals surface area contributed by atoms with Crippen LogP contribution in [-0.4, -0.2) is 23.8 Å². The van der Waals surface area contributed by atoms with Gasteiger partial charge in [-0.2, -0.15) is 0 Å². The molecule has 0 aliphatic carbocycles. The topological polar surface area (TPSA) is 46.5 Å². The van der Waals surface area contributed by atoms with Crippen molar-refractivity contribution in [3.05, 3.63) is 0 Å². The summed E-state index contributed by atoms with van der Waals surface area (Å²) in [6, 6.07) is 0. The summed E-state index contributed by atoms with van der Waals surface area (Å²) >= 11 is 0. The lowest BCUT2D eigenvalue weighted by Crippen LogP contribution is -2.14. The molecule has 0 aromatic heterocycles. The minimum atomic E-state index is -0.717. The summed E-state index contributed by atoms with van der Waals surface area (Å²) in [6.07, 6.45) is 2.31. The molecular formula is C8H14O3. The molecule has 0 aromatic rings. The Kier molecular flexibility index (Phi) is 3.02. The van der Waals surface area contributed by atoms with E-state index in [0.717, 1.165) is 19.1 Å². The lowest BCUT2D eigenvalue weighted by molar-refractivity contribution is -0.133. The fourth-order valence-corrected chi connectivity index (χ4v) is 1.48. The van der Waals surface area contributed by atoms with Crippen molar-refractivity contribution in [2.45, 2.75) is 38.6 Å². The van der Waals surface area contributed by atoms with Gasteiger partial charge >= 0.3 is 0 Å². The Morgan fingerprint density at radius 2 is 2.45 bits per heavy atom. The molecule has 1 fully saturated rings. The van der Waals surface area contributed by atoms with Crippen molar-refractivity contribution in [2.24, 2.45) is 5.92 Å². The van der Waals surface area contributed by atoms with Crippen LogP contribution in [0.15, 0.2) is 0 Å². The molecular weight excluding hydrogens is 144 g/mol. The molecule has 0 radical (unpaired) electrons. The van der Waals surface area contributed by atoms with Crippen molar-refractivity contribution in [1.29, 1.82) is 0 Å². The van der Waals surface area contributed by atoms with E-state index in [4.69, 9.17) is 4.74 Å². The molecule has 0 bridgehead atoms. The molecule has 3 nitrogen and oxygen atoms in total. The Morgan fingerprint density at radius 1 is 1.73 bits per heavy atom. The van der Waals surface area contributed by atoms with Gasteiger partial charge in [0.1, 0.15) is 12.4 Å². The van der Waals surface area contributed by atoms with Gasteiger partial charge in [-0.3, -0.25) is 0 Å². The molecule has 1 saturated heterocycles. The number of carbonyl (C=O) groups excluding carboxylic acids is 1. The predicted molar refractivity (Wildman–Crippen MR) is 40.0 cm³/mol. The largest absolute Gasteiger partial charge is 0.368 e. The molecule has 1 aliphatic heterocycles. The Labute approximate surface area is 66.4 Å². The molecule has 1 N–H and O–H groups in total. The van der Waals surface area contributed by atoms with Crippen molar-refractivity contribution in [3.63, 3.8) is 0 Å². The summed E-state index contributed by atoms with van der Waals surface area (Å²) in [6.45, 7) is 2.06. The van der Waals surface area contributed by atoms with Crippen molar-refractivity contribution in [2.75, 3.05) is 0 Å². The fraction of sp³-hybridized carbons (Fsp3) is 0.875. The number of ether oxygens (including phenoxy) is 1.